The van der Waals surface area contributed by atoms with Crippen molar-refractivity contribution in [3.63, 3.8) is 0 Å². The number of hydrogen-bond acceptors (Lipinski definition) is 5. The molecule has 3 heterocycles. The number of rotatable bonds is 4. The Hall–Kier alpha value is -2.51. The van der Waals surface area contributed by atoms with Gasteiger partial charge in [0.2, 0.25) is 0 Å². The van der Waals surface area contributed by atoms with E-state index in [4.69, 9.17) is 16.3 Å². The van der Waals surface area contributed by atoms with Gasteiger partial charge in [0.25, 0.3) is 5.56 Å². The molecule has 0 unspecified atom stereocenters. The van der Waals surface area contributed by atoms with Crippen LogP contribution in [-0.2, 0) is 17.5 Å². The Morgan fingerprint density at radius 2 is 2.03 bits per heavy atom. The molecule has 0 spiro atoms. The molecule has 2 aliphatic rings. The van der Waals surface area contributed by atoms with E-state index in [1.165, 1.54) is 0 Å². The predicted octanol–water partition coefficient (Wildman–Crippen LogP) is 5.08. The molecule has 2 aromatic heterocycles. The minimum absolute atomic E-state index is 0.112. The van der Waals surface area contributed by atoms with Gasteiger partial charge >= 0.3 is 5.97 Å². The van der Waals surface area contributed by atoms with Crippen LogP contribution in [0.1, 0.15) is 48.7 Å². The molecule has 5 rings (SSSR count). The molecule has 6 nitrogen and oxygen atoms in total. The molecule has 1 saturated carbocycles. The summed E-state index contributed by atoms with van der Waals surface area (Å²) in [5.74, 6) is 0.115. The van der Waals surface area contributed by atoms with Crippen LogP contribution in [0.3, 0.4) is 0 Å². The van der Waals surface area contributed by atoms with E-state index in [1.54, 1.807) is 47.1 Å². The van der Waals surface area contributed by atoms with Crippen molar-refractivity contribution in [3.05, 3.63) is 57.1 Å². The van der Waals surface area contributed by atoms with Gasteiger partial charge in [-0.2, -0.15) is 5.10 Å². The summed E-state index contributed by atoms with van der Waals surface area (Å²) in [6, 6.07) is 5.83. The van der Waals surface area contributed by atoms with Gasteiger partial charge in [0, 0.05) is 51.6 Å². The van der Waals surface area contributed by atoms with Crippen molar-refractivity contribution in [1.29, 1.82) is 0 Å². The summed E-state index contributed by atoms with van der Waals surface area (Å²) in [6.45, 7) is 3.56. The lowest BCUT2D eigenvalue weighted by atomic mass is 10.00. The summed E-state index contributed by atoms with van der Waals surface area (Å²) in [5, 5.41) is 4.86. The Kier molecular flexibility index (Phi) is 4.98. The Labute approximate surface area is 189 Å². The van der Waals surface area contributed by atoms with E-state index in [-0.39, 0.29) is 23.3 Å². The van der Waals surface area contributed by atoms with Gasteiger partial charge in [-0.15, -0.1) is 11.8 Å². The number of aromatic nitrogens is 3. The Balaban J connectivity index is 1.68. The highest BCUT2D eigenvalue weighted by Crippen LogP contribution is 2.48. The molecule has 8 heteroatoms. The molecule has 1 aromatic carbocycles. The van der Waals surface area contributed by atoms with Crippen LogP contribution in [0.4, 0.5) is 0 Å². The quantitative estimate of drug-likeness (QED) is 0.513. The maximum Gasteiger partial charge on any atom is 0.344 e. The zero-order valence-electron chi connectivity index (χ0n) is 17.5. The lowest BCUT2D eigenvalue weighted by molar-refractivity contribution is 0.0375. The smallest absolute Gasteiger partial charge is 0.344 e. The molecule has 1 aliphatic carbocycles. The molecule has 160 valence electrons. The average Bonchev–Trinajstić information content (AvgIpc) is 3.46. The summed E-state index contributed by atoms with van der Waals surface area (Å²) in [4.78, 5) is 27.0. The van der Waals surface area contributed by atoms with E-state index in [9.17, 15) is 9.59 Å². The maximum atomic E-state index is 13.3. The van der Waals surface area contributed by atoms with E-state index in [1.807, 2.05) is 19.3 Å². The van der Waals surface area contributed by atoms with Crippen LogP contribution in [0.2, 0.25) is 5.02 Å². The Morgan fingerprint density at radius 1 is 1.26 bits per heavy atom. The second kappa shape index (κ2) is 7.57. The van der Waals surface area contributed by atoms with E-state index < -0.39 is 5.97 Å². The molecular formula is C23H22ClN3O3S. The van der Waals surface area contributed by atoms with Crippen LogP contribution in [0.25, 0.3) is 22.4 Å². The van der Waals surface area contributed by atoms with E-state index >= 15 is 0 Å². The van der Waals surface area contributed by atoms with Crippen LogP contribution in [0, 0.1) is 0 Å². The molecule has 0 bridgehead atoms. The van der Waals surface area contributed by atoms with Gasteiger partial charge in [0.15, 0.2) is 0 Å². The van der Waals surface area contributed by atoms with E-state index in [2.05, 4.69) is 11.2 Å². The number of aryl methyl sites for hydroxylation is 1. The van der Waals surface area contributed by atoms with Gasteiger partial charge in [-0.1, -0.05) is 11.6 Å². The first kappa shape index (κ1) is 20.4. The van der Waals surface area contributed by atoms with Crippen molar-refractivity contribution in [1.82, 2.24) is 14.3 Å². The van der Waals surface area contributed by atoms with Gasteiger partial charge in [0.1, 0.15) is 5.56 Å². The minimum Gasteiger partial charge on any atom is -0.459 e. The Morgan fingerprint density at radius 3 is 2.68 bits per heavy atom. The van der Waals surface area contributed by atoms with Gasteiger partial charge in [-0.25, -0.2) is 4.79 Å². The first-order chi connectivity index (χ1) is 14.8. The molecule has 0 amide bonds. The topological polar surface area (TPSA) is 66.1 Å². The van der Waals surface area contributed by atoms with Crippen LogP contribution >= 0.6 is 23.4 Å². The molecule has 3 aromatic rings. The SMILES string of the molecule is CC(C)OC(=O)c1cc2c(n(C3CC3)c1=O)-c1cc(Cl)c(-c3cnn(C)c3)cc1SC2. The van der Waals surface area contributed by atoms with Crippen LogP contribution in [0.5, 0.6) is 0 Å². The summed E-state index contributed by atoms with van der Waals surface area (Å²) < 4.78 is 8.87. The first-order valence-corrected chi connectivity index (χ1v) is 11.6. The van der Waals surface area contributed by atoms with Crippen molar-refractivity contribution >= 4 is 29.3 Å². The molecule has 1 aliphatic heterocycles. The number of benzene rings is 1. The van der Waals surface area contributed by atoms with Crippen molar-refractivity contribution in [3.8, 4) is 22.4 Å². The fourth-order valence-corrected chi connectivity index (χ4v) is 5.32. The molecule has 31 heavy (non-hydrogen) atoms. The molecular weight excluding hydrogens is 434 g/mol. The lowest BCUT2D eigenvalue weighted by Gasteiger charge is -2.25. The van der Waals surface area contributed by atoms with Gasteiger partial charge in [-0.05, 0) is 50.5 Å². The molecule has 1 fully saturated rings. The number of fused-ring (bicyclic) bond motifs is 3. The van der Waals surface area contributed by atoms with Crippen LogP contribution in [0.15, 0.2) is 40.3 Å². The highest BCUT2D eigenvalue weighted by Gasteiger charge is 2.34. The number of esters is 1. The highest BCUT2D eigenvalue weighted by molar-refractivity contribution is 7.98. The largest absolute Gasteiger partial charge is 0.459 e. The number of carbonyl (C=O) groups is 1. The highest BCUT2D eigenvalue weighted by atomic mass is 35.5. The lowest BCUT2D eigenvalue weighted by Crippen LogP contribution is -2.30. The number of nitrogens with zero attached hydrogens (tertiary/aromatic N) is 3. The third-order valence-corrected chi connectivity index (χ3v) is 6.93. The van der Waals surface area contributed by atoms with Crippen molar-refractivity contribution in [2.45, 2.75) is 49.5 Å². The fourth-order valence-electron chi connectivity index (χ4n) is 4.00. The number of carbonyl (C=O) groups excluding carboxylic acids is 1. The molecule has 0 atom stereocenters. The van der Waals surface area contributed by atoms with Crippen LogP contribution in [-0.4, -0.2) is 26.4 Å². The van der Waals surface area contributed by atoms with E-state index in [0.717, 1.165) is 45.7 Å². The maximum absolute atomic E-state index is 13.3. The second-order valence-electron chi connectivity index (χ2n) is 8.31. The normalized spacial score (nSPS) is 15.0. The fraction of sp³-hybridized carbons (Fsp3) is 0.348. The second-order valence-corrected chi connectivity index (χ2v) is 9.74. The van der Waals surface area contributed by atoms with E-state index in [0.29, 0.717) is 10.8 Å². The minimum atomic E-state index is -0.557. The molecule has 0 saturated heterocycles. The third-order valence-electron chi connectivity index (χ3n) is 5.51. The molecule has 0 N–H and O–H groups in total. The van der Waals surface area contributed by atoms with Crippen LogP contribution < -0.4 is 5.56 Å². The first-order valence-electron chi connectivity index (χ1n) is 10.3. The number of ether oxygens (including phenoxy) is 1. The van der Waals surface area contributed by atoms with Crippen molar-refractivity contribution in [2.24, 2.45) is 7.05 Å². The monoisotopic (exact) mass is 455 g/mol. The predicted molar refractivity (Wildman–Crippen MR) is 122 cm³/mol. The van der Waals surface area contributed by atoms with Crippen molar-refractivity contribution in [2.75, 3.05) is 0 Å². The summed E-state index contributed by atoms with van der Waals surface area (Å²) in [7, 11) is 1.87. The number of hydrogen-bond donors (Lipinski definition) is 0. The zero-order chi connectivity index (χ0) is 21.9. The summed E-state index contributed by atoms with van der Waals surface area (Å²) in [6.07, 6.45) is 5.30. The molecule has 0 radical (unpaired) electrons. The van der Waals surface area contributed by atoms with Gasteiger partial charge in [-0.3, -0.25) is 9.48 Å². The third kappa shape index (κ3) is 3.59. The van der Waals surface area contributed by atoms with Gasteiger partial charge in [0.05, 0.1) is 18.0 Å². The summed E-state index contributed by atoms with van der Waals surface area (Å²) >= 11 is 8.37. The van der Waals surface area contributed by atoms with Gasteiger partial charge < -0.3 is 9.30 Å². The van der Waals surface area contributed by atoms with Crippen molar-refractivity contribution < 1.29 is 9.53 Å². The number of thioether (sulfide) groups is 1. The Bertz CT molecular complexity index is 1270. The number of halogens is 1. The standard InChI is InChI=1S/C23H22ClN3O3S/c1-12(2)30-23(29)18-6-13-11-31-20-8-16(14-9-25-26(3)10-14)19(24)7-17(20)21(13)27(22(18)28)15-4-5-15/h6-10,12,15H,4-5,11H2,1-3H3. The summed E-state index contributed by atoms with van der Waals surface area (Å²) in [5.41, 5.74) is 4.48. The zero-order valence-corrected chi connectivity index (χ0v) is 19.1. The number of pyridine rings is 1. The average molecular weight is 456 g/mol.